The third-order valence-electron chi connectivity index (χ3n) is 2.47. The lowest BCUT2D eigenvalue weighted by molar-refractivity contribution is 0.600. The first-order valence-corrected chi connectivity index (χ1v) is 8.54. The number of benzene rings is 1. The largest absolute Gasteiger partial charge is 0.399 e. The Labute approximate surface area is 138 Å². The van der Waals surface area contributed by atoms with E-state index in [0.717, 1.165) is 0 Å². The predicted octanol–water partition coefficient (Wildman–Crippen LogP) is 2.86. The van der Waals surface area contributed by atoms with E-state index in [0.29, 0.717) is 14.6 Å². The molecule has 0 bridgehead atoms. The van der Waals surface area contributed by atoms with Crippen LogP contribution in [0.3, 0.4) is 0 Å². The Hall–Kier alpha value is -1.63. The normalized spacial score (nSPS) is 10.9. The predicted molar refractivity (Wildman–Crippen MR) is 86.0 cm³/mol. The zero-order valence-electron chi connectivity index (χ0n) is 10.3. The van der Waals surface area contributed by atoms with E-state index in [4.69, 9.17) is 11.0 Å². The number of halogens is 2. The van der Waals surface area contributed by atoms with Gasteiger partial charge in [-0.25, -0.2) is 13.4 Å². The molecule has 2 aromatic rings. The Balaban J connectivity index is 2.51. The number of nitrogens with zero attached hydrogens (tertiary/aromatic N) is 2. The smallest absolute Gasteiger partial charge is 0.264 e. The highest BCUT2D eigenvalue weighted by Gasteiger charge is 2.21. The summed E-state index contributed by atoms with van der Waals surface area (Å²) < 4.78 is 28.1. The molecule has 0 aliphatic carbocycles. The number of nitrogen functional groups attached to an aromatic ring is 1. The minimum absolute atomic E-state index is 0.173. The fourth-order valence-corrected chi connectivity index (χ4v) is 4.46. The van der Waals surface area contributed by atoms with E-state index in [-0.39, 0.29) is 16.3 Å². The van der Waals surface area contributed by atoms with Crippen molar-refractivity contribution in [2.75, 3.05) is 10.5 Å². The van der Waals surface area contributed by atoms with Crippen molar-refractivity contribution in [2.24, 2.45) is 0 Å². The number of hydrogen-bond donors (Lipinski definition) is 2. The summed E-state index contributed by atoms with van der Waals surface area (Å²) in [5.74, 6) is 0. The van der Waals surface area contributed by atoms with E-state index in [1.54, 1.807) is 18.2 Å². The summed E-state index contributed by atoms with van der Waals surface area (Å²) in [6.45, 7) is 0. The third-order valence-corrected chi connectivity index (χ3v) is 5.10. The maximum absolute atomic E-state index is 12.4. The third kappa shape index (κ3) is 3.34. The monoisotopic (exact) mass is 430 g/mol. The molecule has 1 aromatic heterocycles. The van der Waals surface area contributed by atoms with Gasteiger partial charge in [0, 0.05) is 20.8 Å². The second kappa shape index (κ2) is 6.01. The fraction of sp³-hybridized carbons (Fsp3) is 0. The van der Waals surface area contributed by atoms with E-state index in [2.05, 4.69) is 41.6 Å². The average Bonchev–Trinajstić information content (AvgIpc) is 2.43. The van der Waals surface area contributed by atoms with Gasteiger partial charge in [0.05, 0.1) is 5.69 Å². The van der Waals surface area contributed by atoms with Gasteiger partial charge in [-0.3, -0.25) is 4.72 Å². The molecule has 0 aliphatic rings. The fourth-order valence-electron chi connectivity index (χ4n) is 1.57. The van der Waals surface area contributed by atoms with Gasteiger partial charge in [0.15, 0.2) is 5.69 Å². The van der Waals surface area contributed by atoms with Gasteiger partial charge < -0.3 is 5.73 Å². The Kier molecular flexibility index (Phi) is 4.51. The first-order chi connectivity index (χ1) is 9.85. The van der Waals surface area contributed by atoms with E-state index < -0.39 is 10.0 Å². The molecule has 9 heteroatoms. The minimum Gasteiger partial charge on any atom is -0.399 e. The van der Waals surface area contributed by atoms with Gasteiger partial charge in [0.25, 0.3) is 10.0 Å². The van der Waals surface area contributed by atoms with Crippen LogP contribution >= 0.6 is 31.9 Å². The Morgan fingerprint density at radius 3 is 2.48 bits per heavy atom. The number of nitrogens with two attached hydrogens (primary N) is 1. The molecule has 0 unspecified atom stereocenters. The van der Waals surface area contributed by atoms with Crippen molar-refractivity contribution in [2.45, 2.75) is 4.90 Å². The zero-order chi connectivity index (χ0) is 15.6. The maximum atomic E-state index is 12.4. The van der Waals surface area contributed by atoms with Gasteiger partial charge in [-0.2, -0.15) is 5.26 Å². The molecule has 0 saturated carbocycles. The number of pyridine rings is 1. The molecule has 1 heterocycles. The summed E-state index contributed by atoms with van der Waals surface area (Å²) in [6, 6.07) is 7.64. The molecule has 0 atom stereocenters. The summed E-state index contributed by atoms with van der Waals surface area (Å²) in [7, 11) is -3.95. The SMILES string of the molecule is N#Cc1ncccc1S(=O)(=O)Nc1c(Br)cc(N)cc1Br. The number of anilines is 2. The molecule has 3 N–H and O–H groups in total. The van der Waals surface area contributed by atoms with Crippen LogP contribution in [0.15, 0.2) is 44.3 Å². The van der Waals surface area contributed by atoms with Crippen LogP contribution in [0.5, 0.6) is 0 Å². The van der Waals surface area contributed by atoms with Crippen molar-refractivity contribution >= 4 is 53.3 Å². The lowest BCUT2D eigenvalue weighted by Crippen LogP contribution is -2.15. The van der Waals surface area contributed by atoms with Crippen LogP contribution in [0.25, 0.3) is 0 Å². The van der Waals surface area contributed by atoms with Crippen LogP contribution in [-0.4, -0.2) is 13.4 Å². The van der Waals surface area contributed by atoms with Crippen molar-refractivity contribution in [3.63, 3.8) is 0 Å². The van der Waals surface area contributed by atoms with Crippen molar-refractivity contribution in [1.29, 1.82) is 5.26 Å². The summed E-state index contributed by atoms with van der Waals surface area (Å²) in [5, 5.41) is 8.95. The topological polar surface area (TPSA) is 109 Å². The molecule has 0 aliphatic heterocycles. The maximum Gasteiger partial charge on any atom is 0.264 e. The van der Waals surface area contributed by atoms with Crippen molar-refractivity contribution in [3.05, 3.63) is 45.1 Å². The number of nitriles is 1. The molecule has 6 nitrogen and oxygen atoms in total. The van der Waals surface area contributed by atoms with E-state index in [9.17, 15) is 8.42 Å². The molecular formula is C12H8Br2N4O2S. The van der Waals surface area contributed by atoms with Gasteiger partial charge in [-0.1, -0.05) is 0 Å². The van der Waals surface area contributed by atoms with Gasteiger partial charge >= 0.3 is 0 Å². The van der Waals surface area contributed by atoms with Crippen LogP contribution in [0.4, 0.5) is 11.4 Å². The van der Waals surface area contributed by atoms with Crippen LogP contribution in [0.2, 0.25) is 0 Å². The van der Waals surface area contributed by atoms with Crippen LogP contribution in [0, 0.1) is 11.3 Å². The van der Waals surface area contributed by atoms with E-state index in [1.807, 2.05) is 0 Å². The van der Waals surface area contributed by atoms with Gasteiger partial charge in [0.1, 0.15) is 11.0 Å². The second-order valence-electron chi connectivity index (χ2n) is 3.93. The summed E-state index contributed by atoms with van der Waals surface area (Å²) >= 11 is 6.48. The van der Waals surface area contributed by atoms with Crippen molar-refractivity contribution in [3.8, 4) is 6.07 Å². The highest BCUT2D eigenvalue weighted by atomic mass is 79.9. The minimum atomic E-state index is -3.95. The molecule has 0 amide bonds. The summed E-state index contributed by atoms with van der Waals surface area (Å²) in [6.07, 6.45) is 1.35. The molecule has 21 heavy (non-hydrogen) atoms. The van der Waals surface area contributed by atoms with Crippen LogP contribution in [0.1, 0.15) is 5.69 Å². The molecular weight excluding hydrogens is 424 g/mol. The quantitative estimate of drug-likeness (QED) is 0.726. The molecule has 0 radical (unpaired) electrons. The van der Waals surface area contributed by atoms with Crippen molar-refractivity contribution in [1.82, 2.24) is 4.98 Å². The Morgan fingerprint density at radius 1 is 1.29 bits per heavy atom. The Bertz CT molecular complexity index is 824. The standard InChI is InChI=1S/C12H8Br2N4O2S/c13-8-4-7(16)5-9(14)12(8)18-21(19,20)11-2-1-3-17-10(11)6-15/h1-5,18H,16H2. The van der Waals surface area contributed by atoms with Crippen LogP contribution < -0.4 is 10.5 Å². The molecule has 0 fully saturated rings. The molecule has 0 spiro atoms. The number of sulfonamides is 1. The summed E-state index contributed by atoms with van der Waals surface area (Å²) in [4.78, 5) is 3.55. The number of rotatable bonds is 3. The molecule has 2 rings (SSSR count). The van der Waals surface area contributed by atoms with Crippen molar-refractivity contribution < 1.29 is 8.42 Å². The zero-order valence-corrected chi connectivity index (χ0v) is 14.3. The van der Waals surface area contributed by atoms with Gasteiger partial charge in [-0.15, -0.1) is 0 Å². The van der Waals surface area contributed by atoms with E-state index in [1.165, 1.54) is 18.3 Å². The van der Waals surface area contributed by atoms with Crippen LogP contribution in [-0.2, 0) is 10.0 Å². The highest BCUT2D eigenvalue weighted by molar-refractivity contribution is 9.11. The Morgan fingerprint density at radius 2 is 1.90 bits per heavy atom. The molecule has 108 valence electrons. The first-order valence-electron chi connectivity index (χ1n) is 5.47. The molecule has 1 aromatic carbocycles. The highest BCUT2D eigenvalue weighted by Crippen LogP contribution is 2.35. The summed E-state index contributed by atoms with van der Waals surface area (Å²) in [5.41, 5.74) is 6.24. The van der Waals surface area contributed by atoms with Gasteiger partial charge in [-0.05, 0) is 56.1 Å². The number of hydrogen-bond acceptors (Lipinski definition) is 5. The first kappa shape index (κ1) is 15.8. The second-order valence-corrected chi connectivity index (χ2v) is 7.29. The number of nitrogens with one attached hydrogen (secondary N) is 1. The lowest BCUT2D eigenvalue weighted by atomic mass is 10.3. The average molecular weight is 432 g/mol. The number of aromatic nitrogens is 1. The lowest BCUT2D eigenvalue weighted by Gasteiger charge is -2.12. The van der Waals surface area contributed by atoms with Gasteiger partial charge in [0.2, 0.25) is 0 Å². The molecule has 0 saturated heterocycles. The van der Waals surface area contributed by atoms with E-state index >= 15 is 0 Å².